The number of hydrogen-bond donors (Lipinski definition) is 1. The van der Waals surface area contributed by atoms with Gasteiger partial charge in [-0.15, -0.1) is 0 Å². The molecule has 3 aromatic rings. The highest BCUT2D eigenvalue weighted by molar-refractivity contribution is 6.31. The van der Waals surface area contributed by atoms with E-state index in [4.69, 9.17) is 21.1 Å². The molecule has 29 heavy (non-hydrogen) atoms. The standard InChI is InChI=1S/C20H19ClFN3O4/c1-20(2,3)29-19(27)25(14-7-5-6-12(21)17(14)22)18-11-8-15(26)16(28-4)9-13(11)23-10-24-18/h5-10,26H,1-4H3. The van der Waals surface area contributed by atoms with E-state index in [0.717, 1.165) is 4.90 Å². The van der Waals surface area contributed by atoms with Gasteiger partial charge in [-0.2, -0.15) is 0 Å². The SMILES string of the molecule is COc1cc2ncnc(N(C(=O)OC(C)(C)C)c3cccc(Cl)c3F)c2cc1O. The lowest BCUT2D eigenvalue weighted by Gasteiger charge is -2.27. The predicted molar refractivity (Wildman–Crippen MR) is 108 cm³/mol. The van der Waals surface area contributed by atoms with Gasteiger partial charge in [0.15, 0.2) is 23.1 Å². The summed E-state index contributed by atoms with van der Waals surface area (Å²) in [6, 6.07) is 7.06. The van der Waals surface area contributed by atoms with Crippen LogP contribution < -0.4 is 9.64 Å². The number of methoxy groups -OCH3 is 1. The fraction of sp³-hybridized carbons (Fsp3) is 0.250. The first-order valence-electron chi connectivity index (χ1n) is 8.61. The number of amides is 1. The Morgan fingerprint density at radius 1 is 1.24 bits per heavy atom. The normalized spacial score (nSPS) is 11.4. The number of anilines is 2. The third-order valence-corrected chi connectivity index (χ3v) is 4.17. The van der Waals surface area contributed by atoms with E-state index in [1.165, 1.54) is 43.8 Å². The Morgan fingerprint density at radius 3 is 2.62 bits per heavy atom. The molecule has 1 N–H and O–H groups in total. The summed E-state index contributed by atoms with van der Waals surface area (Å²) in [4.78, 5) is 22.3. The topological polar surface area (TPSA) is 84.8 Å². The van der Waals surface area contributed by atoms with Gasteiger partial charge in [-0.05, 0) is 39.0 Å². The Morgan fingerprint density at radius 2 is 1.97 bits per heavy atom. The van der Waals surface area contributed by atoms with Crippen molar-refractivity contribution in [2.45, 2.75) is 26.4 Å². The fourth-order valence-electron chi connectivity index (χ4n) is 2.67. The van der Waals surface area contributed by atoms with E-state index in [1.54, 1.807) is 20.8 Å². The minimum absolute atomic E-state index is 0.0170. The lowest BCUT2D eigenvalue weighted by molar-refractivity contribution is 0.0597. The Bertz CT molecular complexity index is 1090. The van der Waals surface area contributed by atoms with Crippen molar-refractivity contribution in [3.63, 3.8) is 0 Å². The van der Waals surface area contributed by atoms with Gasteiger partial charge in [0, 0.05) is 11.5 Å². The number of nitrogens with zero attached hydrogens (tertiary/aromatic N) is 3. The number of benzene rings is 2. The van der Waals surface area contributed by atoms with Crippen LogP contribution in [0, 0.1) is 5.82 Å². The molecule has 152 valence electrons. The molecule has 0 aliphatic heterocycles. The summed E-state index contributed by atoms with van der Waals surface area (Å²) >= 11 is 5.92. The van der Waals surface area contributed by atoms with Gasteiger partial charge >= 0.3 is 6.09 Å². The van der Waals surface area contributed by atoms with E-state index in [2.05, 4.69) is 9.97 Å². The van der Waals surface area contributed by atoms with E-state index in [0.29, 0.717) is 5.52 Å². The molecule has 0 radical (unpaired) electrons. The number of phenols is 1. The summed E-state index contributed by atoms with van der Waals surface area (Å²) in [6.07, 6.45) is 0.350. The highest BCUT2D eigenvalue weighted by Crippen LogP contribution is 2.38. The Labute approximate surface area is 171 Å². The minimum Gasteiger partial charge on any atom is -0.504 e. The Kier molecular flexibility index (Phi) is 5.48. The summed E-state index contributed by atoms with van der Waals surface area (Å²) in [5.41, 5.74) is -0.624. The van der Waals surface area contributed by atoms with Crippen LogP contribution in [0.2, 0.25) is 5.02 Å². The van der Waals surface area contributed by atoms with Crippen molar-refractivity contribution in [3.05, 3.63) is 47.5 Å². The van der Waals surface area contributed by atoms with Crippen molar-refractivity contribution < 1.29 is 23.8 Å². The molecule has 0 aliphatic rings. The molecule has 0 aliphatic carbocycles. The zero-order chi connectivity index (χ0) is 21.3. The average molecular weight is 420 g/mol. The number of halogens is 2. The van der Waals surface area contributed by atoms with Gasteiger partial charge in [0.1, 0.15) is 11.9 Å². The van der Waals surface area contributed by atoms with E-state index < -0.39 is 17.5 Å². The number of hydrogen-bond acceptors (Lipinski definition) is 6. The van der Waals surface area contributed by atoms with Crippen molar-refractivity contribution in [1.82, 2.24) is 9.97 Å². The fourth-order valence-corrected chi connectivity index (χ4v) is 2.84. The van der Waals surface area contributed by atoms with Gasteiger partial charge in [0.25, 0.3) is 0 Å². The van der Waals surface area contributed by atoms with E-state index in [-0.39, 0.29) is 33.4 Å². The monoisotopic (exact) mass is 419 g/mol. The summed E-state index contributed by atoms with van der Waals surface area (Å²) in [5.74, 6) is -0.792. The van der Waals surface area contributed by atoms with Crippen molar-refractivity contribution >= 4 is 40.1 Å². The van der Waals surface area contributed by atoms with Crippen LogP contribution in [-0.2, 0) is 4.74 Å². The van der Waals surface area contributed by atoms with Gasteiger partial charge in [-0.1, -0.05) is 17.7 Å². The zero-order valence-electron chi connectivity index (χ0n) is 16.2. The average Bonchev–Trinajstić information content (AvgIpc) is 2.63. The number of carbonyl (C=O) groups excluding carboxylic acids is 1. The molecule has 0 spiro atoms. The minimum atomic E-state index is -0.867. The first-order chi connectivity index (χ1) is 13.6. The van der Waals surface area contributed by atoms with Crippen LogP contribution in [0.5, 0.6) is 11.5 Å². The van der Waals surface area contributed by atoms with Gasteiger partial charge in [0.05, 0.1) is 23.3 Å². The Balaban J connectivity index is 2.28. The van der Waals surface area contributed by atoms with Gasteiger partial charge in [0.2, 0.25) is 0 Å². The maximum Gasteiger partial charge on any atom is 0.420 e. The van der Waals surface area contributed by atoms with Crippen LogP contribution >= 0.6 is 11.6 Å². The lowest BCUT2D eigenvalue weighted by atomic mass is 10.1. The van der Waals surface area contributed by atoms with Gasteiger partial charge < -0.3 is 14.6 Å². The summed E-state index contributed by atoms with van der Waals surface area (Å²) in [7, 11) is 1.40. The number of ether oxygens (including phenoxy) is 2. The molecule has 1 aromatic heterocycles. The second-order valence-corrected chi connectivity index (χ2v) is 7.53. The number of carbonyl (C=O) groups is 1. The molecule has 7 nitrogen and oxygen atoms in total. The molecule has 0 fully saturated rings. The van der Waals surface area contributed by atoms with Crippen molar-refractivity contribution in [1.29, 1.82) is 0 Å². The predicted octanol–water partition coefficient (Wildman–Crippen LogP) is 5.21. The molecule has 0 unspecified atom stereocenters. The first kappa shape index (κ1) is 20.6. The summed E-state index contributed by atoms with van der Waals surface area (Å²) in [5, 5.41) is 10.3. The molecule has 0 atom stereocenters. The lowest BCUT2D eigenvalue weighted by Crippen LogP contribution is -2.35. The molecular weight excluding hydrogens is 401 g/mol. The molecule has 2 aromatic carbocycles. The zero-order valence-corrected chi connectivity index (χ0v) is 17.0. The quantitative estimate of drug-likeness (QED) is 0.627. The molecule has 1 heterocycles. The van der Waals surface area contributed by atoms with Crippen molar-refractivity contribution in [2.75, 3.05) is 12.0 Å². The summed E-state index contributed by atoms with van der Waals surface area (Å²) < 4.78 is 25.4. The van der Waals surface area contributed by atoms with Crippen LogP contribution in [0.3, 0.4) is 0 Å². The highest BCUT2D eigenvalue weighted by Gasteiger charge is 2.30. The molecule has 3 rings (SSSR count). The molecular formula is C20H19ClFN3O4. The van der Waals surface area contributed by atoms with Crippen LogP contribution in [0.25, 0.3) is 10.9 Å². The highest BCUT2D eigenvalue weighted by atomic mass is 35.5. The van der Waals surface area contributed by atoms with Crippen LogP contribution in [0.4, 0.5) is 20.7 Å². The van der Waals surface area contributed by atoms with E-state index >= 15 is 0 Å². The number of phenolic OH excluding ortho intramolecular Hbond substituents is 1. The largest absolute Gasteiger partial charge is 0.504 e. The van der Waals surface area contributed by atoms with Crippen molar-refractivity contribution in [3.8, 4) is 11.5 Å². The van der Waals surface area contributed by atoms with E-state index in [9.17, 15) is 14.3 Å². The first-order valence-corrected chi connectivity index (χ1v) is 8.99. The maximum absolute atomic E-state index is 14.8. The molecule has 9 heteroatoms. The molecule has 1 amide bonds. The maximum atomic E-state index is 14.8. The third kappa shape index (κ3) is 4.17. The molecule has 0 saturated heterocycles. The third-order valence-electron chi connectivity index (χ3n) is 3.87. The summed E-state index contributed by atoms with van der Waals surface area (Å²) in [6.45, 7) is 5.06. The Hall–Kier alpha value is -3.13. The number of aromatic nitrogens is 2. The van der Waals surface area contributed by atoms with Gasteiger partial charge in [-0.25, -0.2) is 24.1 Å². The van der Waals surface area contributed by atoms with Crippen molar-refractivity contribution in [2.24, 2.45) is 0 Å². The smallest absolute Gasteiger partial charge is 0.420 e. The molecule has 0 bridgehead atoms. The van der Waals surface area contributed by atoms with E-state index in [1.807, 2.05) is 0 Å². The molecule has 0 saturated carbocycles. The van der Waals surface area contributed by atoms with Crippen LogP contribution in [-0.4, -0.2) is 33.9 Å². The number of aromatic hydroxyl groups is 1. The van der Waals surface area contributed by atoms with Crippen LogP contribution in [0.15, 0.2) is 36.7 Å². The van der Waals surface area contributed by atoms with Crippen LogP contribution in [0.1, 0.15) is 20.8 Å². The number of fused-ring (bicyclic) bond motifs is 1. The second kappa shape index (κ2) is 7.71. The van der Waals surface area contributed by atoms with Gasteiger partial charge in [-0.3, -0.25) is 0 Å². The second-order valence-electron chi connectivity index (χ2n) is 7.13. The number of rotatable bonds is 3.